The second-order valence-corrected chi connectivity index (χ2v) is 20.5. The van der Waals surface area contributed by atoms with E-state index in [4.69, 9.17) is 9.05 Å². The number of nitrogens with one attached hydrogen (secondary N) is 1. The monoisotopic (exact) mass is 934 g/mol. The fourth-order valence-corrected chi connectivity index (χ4v) is 9.70. The predicted molar refractivity (Wildman–Crippen MR) is 260 cm³/mol. The van der Waals surface area contributed by atoms with Crippen molar-refractivity contribution in [1.82, 2.24) is 5.32 Å². The Labute approximate surface area is 390 Å². The number of phosphoric ester groups is 1. The Balaban J connectivity index is 2.34. The van der Waals surface area contributed by atoms with E-state index in [0.29, 0.717) is 6.42 Å². The van der Waals surface area contributed by atoms with Crippen LogP contribution in [0.4, 0.5) is 0 Å². The van der Waals surface area contributed by atoms with E-state index in [2.05, 4.69) is 19.2 Å². The fourth-order valence-electron chi connectivity index (χ4n) is 8.73. The summed E-state index contributed by atoms with van der Waals surface area (Å²) in [6.45, 7) is 3.86. The molecule has 12 nitrogen and oxygen atoms in total. The van der Waals surface area contributed by atoms with E-state index < -0.39 is 63.2 Å². The first-order valence-electron chi connectivity index (χ1n) is 26.6. The van der Waals surface area contributed by atoms with Crippen molar-refractivity contribution in [1.29, 1.82) is 0 Å². The molecule has 0 radical (unpaired) electrons. The number of aliphatic hydroxyl groups is 6. The summed E-state index contributed by atoms with van der Waals surface area (Å²) in [5, 5.41) is 64.1. The smallest absolute Gasteiger partial charge is 0.387 e. The number of hydrogen-bond donors (Lipinski definition) is 8. The molecule has 0 aromatic rings. The van der Waals surface area contributed by atoms with Crippen LogP contribution in [0.1, 0.15) is 251 Å². The van der Waals surface area contributed by atoms with Crippen molar-refractivity contribution in [3.63, 3.8) is 0 Å². The topological polar surface area (TPSA) is 206 Å². The molecule has 8 N–H and O–H groups in total. The predicted octanol–water partition coefficient (Wildman–Crippen LogP) is 11.2. The van der Waals surface area contributed by atoms with Crippen molar-refractivity contribution < 1.29 is 53.9 Å². The van der Waals surface area contributed by atoms with E-state index in [9.17, 15) is 44.9 Å². The van der Waals surface area contributed by atoms with Gasteiger partial charge in [-0.2, -0.15) is 0 Å². The highest BCUT2D eigenvalue weighted by atomic mass is 31.2. The van der Waals surface area contributed by atoms with E-state index >= 15 is 0 Å². The number of amides is 1. The molecular formula is C51H100NO11P. The zero-order valence-electron chi connectivity index (χ0n) is 40.9. The average Bonchev–Trinajstić information content (AvgIpc) is 3.28. The lowest BCUT2D eigenvalue weighted by Crippen LogP contribution is -2.64. The van der Waals surface area contributed by atoms with Crippen molar-refractivity contribution in [3.8, 4) is 0 Å². The molecule has 13 heteroatoms. The Morgan fingerprint density at radius 2 is 0.828 bits per heavy atom. The molecule has 0 aliphatic heterocycles. The Bertz CT molecular complexity index is 1130. The van der Waals surface area contributed by atoms with Gasteiger partial charge in [0.25, 0.3) is 0 Å². The van der Waals surface area contributed by atoms with E-state index in [-0.39, 0.29) is 12.3 Å². The number of hydrogen-bond acceptors (Lipinski definition) is 10. The third-order valence-corrected chi connectivity index (χ3v) is 14.1. The molecule has 9 atom stereocenters. The SMILES string of the molecule is CCCCCCCCCCCCC/C=C/[C@@H](O)[C@H](COP(=O)(O)OC1C(O)C(O)C(O)[C@@H](O)C1O)NC(=O)CCCCCCCCCCCCCCCCCCCCCCCCCC. The minimum atomic E-state index is -5.08. The normalized spacial score (nSPS) is 22.2. The Kier molecular flexibility index (Phi) is 39.2. The lowest BCUT2D eigenvalue weighted by molar-refractivity contribution is -0.220. The molecule has 0 saturated heterocycles. The summed E-state index contributed by atoms with van der Waals surface area (Å²) in [7, 11) is -5.08. The van der Waals surface area contributed by atoms with Crippen molar-refractivity contribution >= 4 is 13.7 Å². The third kappa shape index (κ3) is 31.9. The molecule has 1 fully saturated rings. The van der Waals surface area contributed by atoms with Gasteiger partial charge in [0.15, 0.2) is 0 Å². The quantitative estimate of drug-likeness (QED) is 0.0164. The molecule has 0 aromatic carbocycles. The number of rotatable bonds is 45. The van der Waals surface area contributed by atoms with Crippen LogP contribution >= 0.6 is 7.82 Å². The molecule has 1 saturated carbocycles. The third-order valence-electron chi connectivity index (χ3n) is 13.1. The molecule has 6 unspecified atom stereocenters. The number of phosphoric acid groups is 1. The van der Waals surface area contributed by atoms with E-state index in [1.165, 1.54) is 186 Å². The molecule has 1 rings (SSSR count). The van der Waals surface area contributed by atoms with Gasteiger partial charge >= 0.3 is 7.82 Å². The van der Waals surface area contributed by atoms with Crippen LogP contribution in [0.15, 0.2) is 12.2 Å². The van der Waals surface area contributed by atoms with Gasteiger partial charge in [-0.25, -0.2) is 4.57 Å². The van der Waals surface area contributed by atoms with Crippen LogP contribution in [-0.2, 0) is 18.4 Å². The largest absolute Gasteiger partial charge is 0.472 e. The molecule has 0 spiro atoms. The number of carbonyl (C=O) groups excluding carboxylic acids is 1. The molecule has 64 heavy (non-hydrogen) atoms. The highest BCUT2D eigenvalue weighted by molar-refractivity contribution is 7.47. The van der Waals surface area contributed by atoms with Crippen molar-refractivity contribution in [2.75, 3.05) is 6.61 Å². The lowest BCUT2D eigenvalue weighted by atomic mass is 9.85. The summed E-state index contributed by atoms with van der Waals surface area (Å²) >= 11 is 0. The summed E-state index contributed by atoms with van der Waals surface area (Å²) < 4.78 is 23.0. The lowest BCUT2D eigenvalue weighted by Gasteiger charge is -2.41. The zero-order valence-corrected chi connectivity index (χ0v) is 41.7. The minimum Gasteiger partial charge on any atom is -0.387 e. The first-order chi connectivity index (χ1) is 30.9. The molecule has 1 aliphatic carbocycles. The number of aliphatic hydroxyl groups excluding tert-OH is 6. The molecule has 0 bridgehead atoms. The van der Waals surface area contributed by atoms with Gasteiger partial charge < -0.3 is 40.8 Å². The second-order valence-electron chi connectivity index (χ2n) is 19.1. The van der Waals surface area contributed by atoms with Gasteiger partial charge in [-0.15, -0.1) is 0 Å². The van der Waals surface area contributed by atoms with Crippen LogP contribution in [0.3, 0.4) is 0 Å². The maximum Gasteiger partial charge on any atom is 0.472 e. The molecule has 0 aromatic heterocycles. The van der Waals surface area contributed by atoms with Gasteiger partial charge in [0.2, 0.25) is 5.91 Å². The zero-order chi connectivity index (χ0) is 47.1. The molecular weight excluding hydrogens is 834 g/mol. The maximum atomic E-state index is 13.0. The molecule has 1 amide bonds. The van der Waals surface area contributed by atoms with Gasteiger partial charge in [-0.1, -0.05) is 238 Å². The minimum absolute atomic E-state index is 0.219. The molecule has 1 aliphatic rings. The van der Waals surface area contributed by atoms with Crippen LogP contribution in [0, 0.1) is 0 Å². The Morgan fingerprint density at radius 1 is 0.516 bits per heavy atom. The first kappa shape index (κ1) is 61.1. The number of unbranched alkanes of at least 4 members (excludes halogenated alkanes) is 34. The summed E-state index contributed by atoms with van der Waals surface area (Å²) in [6, 6.07) is -1.11. The van der Waals surface area contributed by atoms with Gasteiger partial charge in [0.1, 0.15) is 36.6 Å². The Morgan fingerprint density at radius 3 is 1.19 bits per heavy atom. The first-order valence-corrected chi connectivity index (χ1v) is 28.1. The van der Waals surface area contributed by atoms with Crippen LogP contribution in [0.2, 0.25) is 0 Å². The van der Waals surface area contributed by atoms with Gasteiger partial charge in [-0.3, -0.25) is 13.8 Å². The summed E-state index contributed by atoms with van der Waals surface area (Å²) in [5.74, 6) is -0.336. The summed E-state index contributed by atoms with van der Waals surface area (Å²) in [6.07, 6.45) is 35.8. The second kappa shape index (κ2) is 41.1. The van der Waals surface area contributed by atoms with Crippen molar-refractivity contribution in [3.05, 3.63) is 12.2 Å². The molecule has 0 heterocycles. The van der Waals surface area contributed by atoms with E-state index in [1.54, 1.807) is 0 Å². The van der Waals surface area contributed by atoms with Gasteiger partial charge in [-0.05, 0) is 19.3 Å². The Hall–Kier alpha value is -0.920. The van der Waals surface area contributed by atoms with Gasteiger partial charge in [0, 0.05) is 6.42 Å². The van der Waals surface area contributed by atoms with Crippen molar-refractivity contribution in [2.45, 2.75) is 300 Å². The number of allylic oxidation sites excluding steroid dienone is 1. The number of carbonyl (C=O) groups is 1. The highest BCUT2D eigenvalue weighted by Gasteiger charge is 2.51. The van der Waals surface area contributed by atoms with E-state index in [0.717, 1.165) is 44.9 Å². The standard InChI is InChI=1S/C51H100NO11P/c1-3-5-7-9-11-13-15-17-18-19-20-21-22-23-24-25-26-27-29-31-33-35-37-39-41-45(54)52-43(44(53)40-38-36-34-32-30-28-16-14-12-10-8-6-4-2)42-62-64(60,61)63-51-49(58)47(56)46(55)48(57)50(51)59/h38,40,43-44,46-51,53,55-59H,3-37,39,41-42H2,1-2H3,(H,52,54)(H,60,61)/b40-38+/t43-,44+,46?,47+,48?,49?,50?,51?/m0/s1. The molecule has 380 valence electrons. The van der Waals surface area contributed by atoms with Crippen LogP contribution in [0.25, 0.3) is 0 Å². The van der Waals surface area contributed by atoms with Gasteiger partial charge in [0.05, 0.1) is 18.8 Å². The average molecular weight is 934 g/mol. The van der Waals surface area contributed by atoms with Crippen LogP contribution in [0.5, 0.6) is 0 Å². The van der Waals surface area contributed by atoms with Crippen LogP contribution in [-0.4, -0.2) is 96.8 Å². The van der Waals surface area contributed by atoms with Crippen molar-refractivity contribution in [2.24, 2.45) is 0 Å². The maximum absolute atomic E-state index is 13.0. The van der Waals surface area contributed by atoms with E-state index in [1.807, 2.05) is 6.08 Å². The summed E-state index contributed by atoms with van der Waals surface area (Å²) in [4.78, 5) is 23.4. The highest BCUT2D eigenvalue weighted by Crippen LogP contribution is 2.47. The summed E-state index contributed by atoms with van der Waals surface area (Å²) in [5.41, 5.74) is 0. The fraction of sp³-hybridized carbons (Fsp3) is 0.941. The van der Waals surface area contributed by atoms with Crippen LogP contribution < -0.4 is 5.32 Å².